The molecule has 5 nitrogen and oxygen atoms in total. The topological polar surface area (TPSA) is 78.4 Å². The van der Waals surface area contributed by atoms with E-state index in [0.29, 0.717) is 12.8 Å². The molecule has 0 radical (unpaired) electrons. The van der Waals surface area contributed by atoms with Crippen LogP contribution in [-0.4, -0.2) is 32.7 Å². The van der Waals surface area contributed by atoms with E-state index in [2.05, 4.69) is 9.44 Å². The molecule has 0 spiro atoms. The number of nitrogens with one attached hydrogen (secondary N) is 2. The van der Waals surface area contributed by atoms with Crippen LogP contribution in [0.1, 0.15) is 19.3 Å². The molecule has 0 heterocycles. The number of rotatable bonds is 4. The molecular weight excluding hydrogens is 180 g/mol. The highest BCUT2D eigenvalue weighted by Crippen LogP contribution is 2.31. The van der Waals surface area contributed by atoms with Crippen LogP contribution >= 0.6 is 0 Å². The van der Waals surface area contributed by atoms with E-state index in [1.807, 2.05) is 0 Å². The zero-order valence-corrected chi connectivity index (χ0v) is 7.82. The largest absolute Gasteiger partial charge is 0.394 e. The molecule has 72 valence electrons. The molecule has 0 aromatic heterocycles. The van der Waals surface area contributed by atoms with E-state index in [1.54, 1.807) is 0 Å². The lowest BCUT2D eigenvalue weighted by atomic mass is 9.78. The summed E-state index contributed by atoms with van der Waals surface area (Å²) in [6, 6.07) is 0. The lowest BCUT2D eigenvalue weighted by Gasteiger charge is -2.40. The number of aliphatic hydroxyl groups is 1. The predicted octanol–water partition coefficient (Wildman–Crippen LogP) is -1.04. The smallest absolute Gasteiger partial charge is 0.277 e. The van der Waals surface area contributed by atoms with Gasteiger partial charge in [0.25, 0.3) is 10.2 Å². The van der Waals surface area contributed by atoms with Crippen molar-refractivity contribution < 1.29 is 13.5 Å². The van der Waals surface area contributed by atoms with Crippen molar-refractivity contribution in [1.82, 2.24) is 9.44 Å². The van der Waals surface area contributed by atoms with Crippen LogP contribution in [0, 0.1) is 0 Å². The number of hydrogen-bond acceptors (Lipinski definition) is 3. The van der Waals surface area contributed by atoms with E-state index >= 15 is 0 Å². The Morgan fingerprint density at radius 2 is 2.08 bits per heavy atom. The minimum Gasteiger partial charge on any atom is -0.394 e. The molecule has 0 saturated heterocycles. The number of aliphatic hydroxyl groups excluding tert-OH is 1. The first-order chi connectivity index (χ1) is 5.54. The van der Waals surface area contributed by atoms with Crippen molar-refractivity contribution in [3.05, 3.63) is 0 Å². The average Bonchev–Trinajstić information content (AvgIpc) is 1.97. The lowest BCUT2D eigenvalue weighted by molar-refractivity contribution is 0.110. The van der Waals surface area contributed by atoms with Crippen LogP contribution in [0.3, 0.4) is 0 Å². The van der Waals surface area contributed by atoms with Gasteiger partial charge in [-0.05, 0) is 19.3 Å². The highest BCUT2D eigenvalue weighted by Gasteiger charge is 2.39. The van der Waals surface area contributed by atoms with Crippen molar-refractivity contribution in [3.8, 4) is 0 Å². The lowest BCUT2D eigenvalue weighted by Crippen LogP contribution is -2.58. The minimum atomic E-state index is -3.41. The van der Waals surface area contributed by atoms with Gasteiger partial charge in [-0.3, -0.25) is 0 Å². The van der Waals surface area contributed by atoms with E-state index in [1.165, 1.54) is 7.05 Å². The molecule has 1 saturated carbocycles. The summed E-state index contributed by atoms with van der Waals surface area (Å²) in [6.07, 6.45) is 2.39. The monoisotopic (exact) mass is 194 g/mol. The Morgan fingerprint density at radius 3 is 2.33 bits per heavy atom. The van der Waals surface area contributed by atoms with Gasteiger partial charge in [-0.2, -0.15) is 13.1 Å². The molecule has 1 fully saturated rings. The maximum Gasteiger partial charge on any atom is 0.277 e. The second-order valence-corrected chi connectivity index (χ2v) is 4.72. The summed E-state index contributed by atoms with van der Waals surface area (Å²) in [5, 5.41) is 8.94. The first-order valence-corrected chi connectivity index (χ1v) is 5.35. The van der Waals surface area contributed by atoms with E-state index in [9.17, 15) is 8.42 Å². The Labute approximate surface area is 72.3 Å². The molecule has 3 N–H and O–H groups in total. The third-order valence-electron chi connectivity index (χ3n) is 2.23. The summed E-state index contributed by atoms with van der Waals surface area (Å²) in [6.45, 7) is -0.131. The molecule has 0 bridgehead atoms. The summed E-state index contributed by atoms with van der Waals surface area (Å²) in [5.74, 6) is 0. The van der Waals surface area contributed by atoms with Crippen molar-refractivity contribution in [2.24, 2.45) is 0 Å². The maximum atomic E-state index is 11.0. The fourth-order valence-corrected chi connectivity index (χ4v) is 2.17. The van der Waals surface area contributed by atoms with Gasteiger partial charge >= 0.3 is 0 Å². The second-order valence-electron chi connectivity index (χ2n) is 3.10. The number of hydrogen-bond donors (Lipinski definition) is 3. The third-order valence-corrected chi connectivity index (χ3v) is 3.47. The summed E-state index contributed by atoms with van der Waals surface area (Å²) in [5.41, 5.74) is -0.595. The summed E-state index contributed by atoms with van der Waals surface area (Å²) in [4.78, 5) is 0. The predicted molar refractivity (Wildman–Crippen MR) is 44.8 cm³/mol. The van der Waals surface area contributed by atoms with Gasteiger partial charge in [-0.25, -0.2) is 4.72 Å². The fourth-order valence-electron chi connectivity index (χ4n) is 1.23. The van der Waals surface area contributed by atoms with Crippen molar-refractivity contribution in [2.45, 2.75) is 24.8 Å². The highest BCUT2D eigenvalue weighted by molar-refractivity contribution is 7.87. The van der Waals surface area contributed by atoms with Crippen LogP contribution in [0.2, 0.25) is 0 Å². The Kier molecular flexibility index (Phi) is 2.72. The summed E-state index contributed by atoms with van der Waals surface area (Å²) >= 11 is 0. The second kappa shape index (κ2) is 3.29. The van der Waals surface area contributed by atoms with Crippen molar-refractivity contribution >= 4 is 10.2 Å². The molecule has 1 aliphatic carbocycles. The molecule has 0 aromatic rings. The van der Waals surface area contributed by atoms with Crippen LogP contribution < -0.4 is 9.44 Å². The van der Waals surface area contributed by atoms with Crippen molar-refractivity contribution in [1.29, 1.82) is 0 Å². The molecule has 0 atom stereocenters. The molecular formula is C6H14N2O3S. The third kappa shape index (κ3) is 1.95. The Hall–Kier alpha value is -0.170. The Bertz CT molecular complexity index is 240. The molecule has 6 heteroatoms. The highest BCUT2D eigenvalue weighted by atomic mass is 32.2. The zero-order chi connectivity index (χ0) is 9.24. The standard InChI is InChI=1S/C6H14N2O3S/c1-7-12(10,11)8-6(5-9)3-2-4-6/h7-9H,2-5H2,1H3. The average molecular weight is 194 g/mol. The Balaban J connectivity index is 2.60. The molecule has 0 aromatic carbocycles. The van der Waals surface area contributed by atoms with Gasteiger partial charge in [-0.1, -0.05) is 0 Å². The quantitative estimate of drug-likeness (QED) is 0.534. The molecule has 1 rings (SSSR count). The van der Waals surface area contributed by atoms with Gasteiger partial charge in [-0.15, -0.1) is 0 Å². The van der Waals surface area contributed by atoms with E-state index < -0.39 is 15.7 Å². The minimum absolute atomic E-state index is 0.131. The van der Waals surface area contributed by atoms with E-state index in [4.69, 9.17) is 5.11 Å². The van der Waals surface area contributed by atoms with E-state index in [0.717, 1.165) is 6.42 Å². The molecule has 0 amide bonds. The van der Waals surface area contributed by atoms with Crippen LogP contribution in [-0.2, 0) is 10.2 Å². The van der Waals surface area contributed by atoms with Crippen molar-refractivity contribution in [3.63, 3.8) is 0 Å². The molecule has 12 heavy (non-hydrogen) atoms. The first kappa shape index (κ1) is 9.91. The van der Waals surface area contributed by atoms with Crippen molar-refractivity contribution in [2.75, 3.05) is 13.7 Å². The SMILES string of the molecule is CNS(=O)(=O)NC1(CO)CCC1. The van der Waals surface area contributed by atoms with Crippen LogP contribution in [0.5, 0.6) is 0 Å². The van der Waals surface area contributed by atoms with Gasteiger partial charge < -0.3 is 5.11 Å². The van der Waals surface area contributed by atoms with Crippen LogP contribution in [0.4, 0.5) is 0 Å². The summed E-state index contributed by atoms with van der Waals surface area (Å²) in [7, 11) is -2.07. The molecule has 0 aliphatic heterocycles. The van der Waals surface area contributed by atoms with Gasteiger partial charge in [0.05, 0.1) is 12.1 Å². The summed E-state index contributed by atoms with van der Waals surface area (Å²) < 4.78 is 26.6. The van der Waals surface area contributed by atoms with Gasteiger partial charge in [0.1, 0.15) is 0 Å². The van der Waals surface area contributed by atoms with Crippen LogP contribution in [0.25, 0.3) is 0 Å². The fraction of sp³-hybridized carbons (Fsp3) is 1.00. The molecule has 1 aliphatic rings. The first-order valence-electron chi connectivity index (χ1n) is 3.87. The zero-order valence-electron chi connectivity index (χ0n) is 7.00. The van der Waals surface area contributed by atoms with Gasteiger partial charge in [0.15, 0.2) is 0 Å². The van der Waals surface area contributed by atoms with Gasteiger partial charge in [0, 0.05) is 7.05 Å². The normalized spacial score (nSPS) is 21.8. The molecule has 0 unspecified atom stereocenters. The van der Waals surface area contributed by atoms with Crippen LogP contribution in [0.15, 0.2) is 0 Å². The van der Waals surface area contributed by atoms with E-state index in [-0.39, 0.29) is 6.61 Å². The Morgan fingerprint density at radius 1 is 1.50 bits per heavy atom. The maximum absolute atomic E-state index is 11.0. The van der Waals surface area contributed by atoms with Gasteiger partial charge in [0.2, 0.25) is 0 Å².